The molecule has 8 nitrogen and oxygen atoms in total. The first-order chi connectivity index (χ1) is 14.1. The van der Waals surface area contributed by atoms with Crippen molar-refractivity contribution in [3.63, 3.8) is 0 Å². The summed E-state index contributed by atoms with van der Waals surface area (Å²) < 4.78 is 10.7. The number of rotatable bonds is 7. The molecule has 0 unspecified atom stereocenters. The largest absolute Gasteiger partial charge is 0.496 e. The predicted octanol–water partition coefficient (Wildman–Crippen LogP) is 3.11. The van der Waals surface area contributed by atoms with Crippen molar-refractivity contribution in [3.8, 4) is 22.8 Å². The Bertz CT molecular complexity index is 1010. The van der Waals surface area contributed by atoms with Gasteiger partial charge >= 0.3 is 0 Å². The Balaban J connectivity index is 1.92. The van der Waals surface area contributed by atoms with Gasteiger partial charge in [-0.2, -0.15) is 0 Å². The van der Waals surface area contributed by atoms with E-state index in [0.717, 1.165) is 17.0 Å². The zero-order valence-electron chi connectivity index (χ0n) is 16.8. The van der Waals surface area contributed by atoms with Gasteiger partial charge in [0, 0.05) is 31.4 Å². The van der Waals surface area contributed by atoms with E-state index in [0.29, 0.717) is 22.8 Å². The molecule has 0 saturated carbocycles. The van der Waals surface area contributed by atoms with E-state index in [-0.39, 0.29) is 5.91 Å². The van der Waals surface area contributed by atoms with Crippen molar-refractivity contribution in [2.24, 2.45) is 0 Å². The van der Waals surface area contributed by atoms with Gasteiger partial charge in [-0.3, -0.25) is 9.80 Å². The molecule has 0 aliphatic heterocycles. The van der Waals surface area contributed by atoms with Crippen LogP contribution < -0.4 is 20.2 Å². The molecule has 8 heteroatoms. The smallest absolute Gasteiger partial charge is 0.271 e. The van der Waals surface area contributed by atoms with Gasteiger partial charge in [0.2, 0.25) is 0 Å². The molecule has 29 heavy (non-hydrogen) atoms. The number of carbonyl (C=O) groups excluding carboxylic acids is 1. The second-order valence-corrected chi connectivity index (χ2v) is 6.12. The number of amides is 1. The molecule has 3 aromatic rings. The van der Waals surface area contributed by atoms with E-state index in [4.69, 9.17) is 9.47 Å². The summed E-state index contributed by atoms with van der Waals surface area (Å²) in [5.41, 5.74) is 5.50. The lowest BCUT2D eigenvalue weighted by Gasteiger charge is -2.18. The maximum Gasteiger partial charge on any atom is 0.271 e. The molecule has 0 saturated heterocycles. The summed E-state index contributed by atoms with van der Waals surface area (Å²) in [5, 5.41) is 4.60. The van der Waals surface area contributed by atoms with Crippen molar-refractivity contribution in [2.45, 2.75) is 0 Å². The molecule has 1 aromatic heterocycles. The van der Waals surface area contributed by atoms with E-state index in [9.17, 15) is 4.79 Å². The van der Waals surface area contributed by atoms with Crippen molar-refractivity contribution in [3.05, 3.63) is 60.4 Å². The summed E-state index contributed by atoms with van der Waals surface area (Å²) in [6.45, 7) is 0. The SMILES string of the molecule is CNN(C)C(=O)c1cc(Nc2cc(-c3ccccc3OC)ncn2)ccc1OC. The monoisotopic (exact) mass is 393 g/mol. The first-order valence-corrected chi connectivity index (χ1v) is 8.93. The number of aromatic nitrogens is 2. The van der Waals surface area contributed by atoms with E-state index < -0.39 is 0 Å². The molecule has 150 valence electrons. The van der Waals surface area contributed by atoms with Crippen LogP contribution in [0.4, 0.5) is 11.5 Å². The zero-order valence-corrected chi connectivity index (χ0v) is 16.8. The molecule has 2 aromatic carbocycles. The maximum atomic E-state index is 12.6. The van der Waals surface area contributed by atoms with Gasteiger partial charge < -0.3 is 14.8 Å². The summed E-state index contributed by atoms with van der Waals surface area (Å²) >= 11 is 0. The Morgan fingerprint density at radius 2 is 1.76 bits per heavy atom. The van der Waals surface area contributed by atoms with Crippen molar-refractivity contribution in [1.29, 1.82) is 0 Å². The van der Waals surface area contributed by atoms with Crippen LogP contribution in [-0.4, -0.2) is 49.2 Å². The van der Waals surface area contributed by atoms with Gasteiger partial charge in [0.15, 0.2) is 0 Å². The summed E-state index contributed by atoms with van der Waals surface area (Å²) in [5.74, 6) is 1.58. The Labute approximate surface area is 169 Å². The highest BCUT2D eigenvalue weighted by Gasteiger charge is 2.17. The summed E-state index contributed by atoms with van der Waals surface area (Å²) in [4.78, 5) is 21.2. The maximum absolute atomic E-state index is 12.6. The van der Waals surface area contributed by atoms with Gasteiger partial charge in [-0.05, 0) is 30.3 Å². The van der Waals surface area contributed by atoms with Crippen LogP contribution in [0, 0.1) is 0 Å². The lowest BCUT2D eigenvalue weighted by Crippen LogP contribution is -2.36. The number of carbonyl (C=O) groups is 1. The number of hydrogen-bond donors (Lipinski definition) is 2. The molecule has 0 fully saturated rings. The third kappa shape index (κ3) is 4.44. The van der Waals surface area contributed by atoms with Crippen LogP contribution in [0.15, 0.2) is 54.9 Å². The van der Waals surface area contributed by atoms with Crippen LogP contribution in [0.3, 0.4) is 0 Å². The van der Waals surface area contributed by atoms with Gasteiger partial charge in [-0.15, -0.1) is 0 Å². The van der Waals surface area contributed by atoms with Gasteiger partial charge in [0.05, 0.1) is 25.5 Å². The minimum absolute atomic E-state index is 0.217. The minimum atomic E-state index is -0.217. The topological polar surface area (TPSA) is 88.6 Å². The average Bonchev–Trinajstić information content (AvgIpc) is 2.78. The quantitative estimate of drug-likeness (QED) is 0.596. The molecule has 2 N–H and O–H groups in total. The molecular weight excluding hydrogens is 370 g/mol. The van der Waals surface area contributed by atoms with E-state index >= 15 is 0 Å². The molecule has 0 bridgehead atoms. The Morgan fingerprint density at radius 3 is 2.48 bits per heavy atom. The van der Waals surface area contributed by atoms with Crippen LogP contribution in [0.25, 0.3) is 11.3 Å². The highest BCUT2D eigenvalue weighted by molar-refractivity contribution is 5.97. The van der Waals surface area contributed by atoms with E-state index in [2.05, 4.69) is 20.7 Å². The van der Waals surface area contributed by atoms with Crippen LogP contribution >= 0.6 is 0 Å². The van der Waals surface area contributed by atoms with E-state index in [1.807, 2.05) is 36.4 Å². The molecule has 0 radical (unpaired) electrons. The number of nitrogens with zero attached hydrogens (tertiary/aromatic N) is 3. The second-order valence-electron chi connectivity index (χ2n) is 6.12. The van der Waals surface area contributed by atoms with E-state index in [1.54, 1.807) is 33.3 Å². The Hall–Kier alpha value is -3.65. The summed E-state index contributed by atoms with van der Waals surface area (Å²) in [6, 6.07) is 14.7. The van der Waals surface area contributed by atoms with Crippen molar-refractivity contribution in [1.82, 2.24) is 20.4 Å². The highest BCUT2D eigenvalue weighted by atomic mass is 16.5. The number of nitrogens with one attached hydrogen (secondary N) is 2. The summed E-state index contributed by atoms with van der Waals surface area (Å²) in [7, 11) is 6.47. The van der Waals surface area contributed by atoms with Crippen molar-refractivity contribution < 1.29 is 14.3 Å². The van der Waals surface area contributed by atoms with Crippen LogP contribution in [0.1, 0.15) is 10.4 Å². The molecular formula is C21H23N5O3. The predicted molar refractivity (Wildman–Crippen MR) is 111 cm³/mol. The van der Waals surface area contributed by atoms with Gasteiger partial charge in [0.25, 0.3) is 5.91 Å². The molecule has 1 amide bonds. The van der Waals surface area contributed by atoms with Crippen molar-refractivity contribution in [2.75, 3.05) is 33.6 Å². The van der Waals surface area contributed by atoms with Gasteiger partial charge in [-0.1, -0.05) is 12.1 Å². The van der Waals surface area contributed by atoms with Crippen LogP contribution in [0.2, 0.25) is 0 Å². The number of benzene rings is 2. The normalized spacial score (nSPS) is 10.3. The fourth-order valence-electron chi connectivity index (χ4n) is 2.81. The van der Waals surface area contributed by atoms with Crippen LogP contribution in [0.5, 0.6) is 11.5 Å². The fourth-order valence-corrected chi connectivity index (χ4v) is 2.81. The molecule has 0 aliphatic rings. The fraction of sp³-hybridized carbons (Fsp3) is 0.190. The number of methoxy groups -OCH3 is 2. The van der Waals surface area contributed by atoms with Gasteiger partial charge in [0.1, 0.15) is 23.6 Å². The number of para-hydroxylation sites is 1. The average molecular weight is 393 g/mol. The first-order valence-electron chi connectivity index (χ1n) is 8.93. The molecule has 3 rings (SSSR count). The zero-order chi connectivity index (χ0) is 20.8. The number of hydrazine groups is 1. The number of hydrogen-bond acceptors (Lipinski definition) is 7. The van der Waals surface area contributed by atoms with Crippen molar-refractivity contribution >= 4 is 17.4 Å². The second kappa shape index (κ2) is 9.03. The third-order valence-corrected chi connectivity index (χ3v) is 4.39. The number of ether oxygens (including phenoxy) is 2. The molecule has 1 heterocycles. The number of anilines is 2. The molecule has 0 aliphatic carbocycles. The molecule has 0 spiro atoms. The lowest BCUT2D eigenvalue weighted by atomic mass is 10.1. The Kier molecular flexibility index (Phi) is 6.25. The molecule has 0 atom stereocenters. The third-order valence-electron chi connectivity index (χ3n) is 4.39. The highest BCUT2D eigenvalue weighted by Crippen LogP contribution is 2.30. The van der Waals surface area contributed by atoms with Crippen LogP contribution in [-0.2, 0) is 0 Å². The van der Waals surface area contributed by atoms with Gasteiger partial charge in [-0.25, -0.2) is 15.4 Å². The summed E-state index contributed by atoms with van der Waals surface area (Å²) in [6.07, 6.45) is 1.48. The Morgan fingerprint density at radius 1 is 1.00 bits per heavy atom. The first kappa shape index (κ1) is 20.1. The minimum Gasteiger partial charge on any atom is -0.496 e. The standard InChI is InChI=1S/C21H23N5O3/c1-22-26(2)21(27)16-11-14(9-10-19(16)29-4)25-20-12-17(23-13-24-20)15-7-5-6-8-18(15)28-3/h5-13,22H,1-4H3,(H,23,24,25). The van der Waals surface area contributed by atoms with E-state index in [1.165, 1.54) is 18.4 Å². The lowest BCUT2D eigenvalue weighted by molar-refractivity contribution is 0.0731.